The van der Waals surface area contributed by atoms with Crippen LogP contribution in [0.2, 0.25) is 0 Å². The van der Waals surface area contributed by atoms with E-state index in [-0.39, 0.29) is 32.6 Å². The maximum absolute atomic E-state index is 12.7. The molecule has 0 aromatic carbocycles. The summed E-state index contributed by atoms with van der Waals surface area (Å²) in [5.41, 5.74) is 5.39. The van der Waals surface area contributed by atoms with Crippen LogP contribution in [-0.2, 0) is 32.7 Å². The molecule has 0 aromatic rings. The van der Waals surface area contributed by atoms with Crippen LogP contribution in [0.15, 0.2) is 231 Å². The minimum absolute atomic E-state index is 0.0304. The number of hydrogen-bond donors (Lipinski definition) is 2. The predicted molar refractivity (Wildman–Crippen MR) is 375 cm³/mol. The molecule has 0 amide bonds. The zero-order valence-corrected chi connectivity index (χ0v) is 54.8. The van der Waals surface area contributed by atoms with Gasteiger partial charge in [0, 0.05) is 19.4 Å². The van der Waals surface area contributed by atoms with E-state index in [0.717, 1.165) is 167 Å². The van der Waals surface area contributed by atoms with Gasteiger partial charge in [-0.1, -0.05) is 264 Å². The molecule has 0 saturated carbocycles. The van der Waals surface area contributed by atoms with Gasteiger partial charge in [-0.25, -0.2) is 4.57 Å². The second-order valence-electron chi connectivity index (χ2n) is 20.5. The number of phosphoric ester groups is 1. The average Bonchev–Trinajstić information content (AvgIpc) is 3.65. The molecule has 0 aliphatic carbocycles. The third kappa shape index (κ3) is 69.0. The van der Waals surface area contributed by atoms with E-state index in [1.165, 1.54) is 0 Å². The molecule has 2 atom stereocenters. The fraction of sp³-hybridized carbons (Fsp3) is 0.481. The summed E-state index contributed by atoms with van der Waals surface area (Å²) in [5.74, 6) is -0.918. The first-order valence-electron chi connectivity index (χ1n) is 32.9. The lowest BCUT2D eigenvalue weighted by Crippen LogP contribution is -2.29. The minimum Gasteiger partial charge on any atom is -0.462 e. The molecule has 0 fully saturated rings. The number of nitrogens with two attached hydrogens (primary N) is 1. The number of ether oxygens (including phenoxy) is 2. The molecule has 0 spiro atoms. The van der Waals surface area contributed by atoms with Crippen molar-refractivity contribution in [1.29, 1.82) is 0 Å². The maximum Gasteiger partial charge on any atom is 0.472 e. The van der Waals surface area contributed by atoms with Crippen molar-refractivity contribution in [2.24, 2.45) is 5.73 Å². The highest BCUT2D eigenvalue weighted by Gasteiger charge is 2.26. The lowest BCUT2D eigenvalue weighted by molar-refractivity contribution is -0.161. The van der Waals surface area contributed by atoms with Crippen LogP contribution in [0.1, 0.15) is 206 Å². The van der Waals surface area contributed by atoms with Crippen LogP contribution < -0.4 is 5.73 Å². The van der Waals surface area contributed by atoms with Crippen molar-refractivity contribution in [1.82, 2.24) is 0 Å². The number of carbonyl (C=O) groups excluding carboxylic acids is 2. The molecule has 2 unspecified atom stereocenters. The topological polar surface area (TPSA) is 134 Å². The third-order valence-electron chi connectivity index (χ3n) is 12.5. The predicted octanol–water partition coefficient (Wildman–Crippen LogP) is 21.8. The molecule has 0 saturated heterocycles. The number of allylic oxidation sites excluding steroid dienone is 38. The Morgan fingerprint density at radius 3 is 0.885 bits per heavy atom. The first kappa shape index (κ1) is 81.1. The Labute approximate surface area is 530 Å². The number of hydrogen-bond acceptors (Lipinski definition) is 8. The van der Waals surface area contributed by atoms with Gasteiger partial charge in [0.2, 0.25) is 0 Å². The monoisotopic (exact) mass is 1210 g/mol. The van der Waals surface area contributed by atoms with Crippen molar-refractivity contribution in [3.05, 3.63) is 231 Å². The van der Waals surface area contributed by atoms with Crippen LogP contribution in [0.3, 0.4) is 0 Å². The molecule has 87 heavy (non-hydrogen) atoms. The van der Waals surface area contributed by atoms with E-state index in [4.69, 9.17) is 24.3 Å². The van der Waals surface area contributed by atoms with Crippen LogP contribution >= 0.6 is 7.82 Å². The van der Waals surface area contributed by atoms with Crippen LogP contribution in [-0.4, -0.2) is 49.3 Å². The molecule has 9 nitrogen and oxygen atoms in total. The first-order chi connectivity index (χ1) is 42.8. The molecular formula is C77H116NO8P. The van der Waals surface area contributed by atoms with Gasteiger partial charge in [-0.05, 0) is 161 Å². The summed E-state index contributed by atoms with van der Waals surface area (Å²) in [6, 6.07) is 0. The average molecular weight is 1210 g/mol. The van der Waals surface area contributed by atoms with Crippen molar-refractivity contribution >= 4 is 19.8 Å². The number of unbranched alkanes of at least 4 members (excludes halogenated alkanes) is 7. The van der Waals surface area contributed by atoms with Crippen molar-refractivity contribution in [3.63, 3.8) is 0 Å². The second kappa shape index (κ2) is 69.2. The summed E-state index contributed by atoms with van der Waals surface area (Å²) in [6.07, 6.45) is 110. The lowest BCUT2D eigenvalue weighted by Gasteiger charge is -2.19. The SMILES string of the molecule is CC/C=C\C/C=C\C/C=C\C/C=C\C/C=C\C/C=C\C/C=C\C/C=C\C/C=C\C/C=C\C/C=C\C/C=C\CCCCCCC(=O)OC(COC(=O)CCCCC/C=C\C/C=C\C/C=C\C/C=C\C/C=C\C/C=C\C/C=C\CC)COP(=O)(O)OCCN. The van der Waals surface area contributed by atoms with E-state index < -0.39 is 32.5 Å². The summed E-state index contributed by atoms with van der Waals surface area (Å²) in [7, 11) is -4.43. The van der Waals surface area contributed by atoms with Crippen molar-refractivity contribution in [3.8, 4) is 0 Å². The standard InChI is InChI=1S/C77H116NO8P/c1-3-5-7-9-11-13-15-17-19-21-23-25-27-29-30-31-32-33-34-35-36-37-38-39-40-41-42-43-44-46-48-50-52-54-56-58-60-62-64-66-68-70-77(80)86-75(74-85-87(81,82)84-72-71-78)73-83-76(79)69-67-65-63-61-59-57-55-53-51-49-47-45-28-26-24-22-20-18-16-14-12-10-8-6-4-2/h5-8,11-14,17-20,23-26,29-30,32-33,35-36,38-39,41-42,44-47,50-53,56-59,75H,3-4,9-10,15-16,21-22,27-28,31,34,37,40,43,48-49,54-55,60-74,78H2,1-2H3,(H,81,82)/b7-5-,8-6-,13-11-,14-12-,19-17-,20-18-,25-23-,26-24-,30-29-,33-32-,36-35-,39-38-,42-41-,46-44-,47-45-,52-50-,53-51-,58-56-,59-57-. The van der Waals surface area contributed by atoms with Crippen LogP contribution in [0.25, 0.3) is 0 Å². The van der Waals surface area contributed by atoms with Gasteiger partial charge in [0.1, 0.15) is 6.61 Å². The van der Waals surface area contributed by atoms with Crippen molar-refractivity contribution < 1.29 is 37.6 Å². The molecule has 0 aliphatic heterocycles. The van der Waals surface area contributed by atoms with Gasteiger partial charge < -0.3 is 20.1 Å². The van der Waals surface area contributed by atoms with Crippen LogP contribution in [0.5, 0.6) is 0 Å². The summed E-state index contributed by atoms with van der Waals surface area (Å²) in [5, 5.41) is 0. The fourth-order valence-corrected chi connectivity index (χ4v) is 8.54. The number of carbonyl (C=O) groups is 2. The number of rotatable bonds is 58. The first-order valence-corrected chi connectivity index (χ1v) is 34.4. The van der Waals surface area contributed by atoms with Gasteiger partial charge in [-0.2, -0.15) is 0 Å². The highest BCUT2D eigenvalue weighted by Crippen LogP contribution is 2.43. The molecule has 3 N–H and O–H groups in total. The number of phosphoric acid groups is 1. The Hall–Kier alpha value is -5.93. The van der Waals surface area contributed by atoms with E-state index in [1.807, 2.05) is 0 Å². The Kier molecular flexibility index (Phi) is 64.5. The molecule has 10 heteroatoms. The lowest BCUT2D eigenvalue weighted by atomic mass is 10.1. The van der Waals surface area contributed by atoms with Gasteiger partial charge in [0.05, 0.1) is 13.2 Å². The van der Waals surface area contributed by atoms with Gasteiger partial charge in [-0.3, -0.25) is 18.6 Å². The zero-order chi connectivity index (χ0) is 63.0. The Balaban J connectivity index is 4.14. The van der Waals surface area contributed by atoms with Gasteiger partial charge >= 0.3 is 19.8 Å². The summed E-state index contributed by atoms with van der Waals surface area (Å²) < 4.78 is 33.0. The molecule has 0 aliphatic rings. The minimum atomic E-state index is -4.43. The summed E-state index contributed by atoms with van der Waals surface area (Å²) in [4.78, 5) is 35.3. The quantitative estimate of drug-likeness (QED) is 0.0264. The Morgan fingerprint density at radius 2 is 0.598 bits per heavy atom. The zero-order valence-electron chi connectivity index (χ0n) is 53.9. The van der Waals surface area contributed by atoms with Gasteiger partial charge in [-0.15, -0.1) is 0 Å². The molecule has 0 bridgehead atoms. The fourth-order valence-electron chi connectivity index (χ4n) is 7.77. The van der Waals surface area contributed by atoms with E-state index in [9.17, 15) is 19.0 Å². The largest absolute Gasteiger partial charge is 0.472 e. The van der Waals surface area contributed by atoms with Gasteiger partial charge in [0.25, 0.3) is 0 Å². The van der Waals surface area contributed by atoms with Crippen LogP contribution in [0.4, 0.5) is 0 Å². The molecule has 0 radical (unpaired) electrons. The van der Waals surface area contributed by atoms with E-state index in [1.54, 1.807) is 0 Å². The summed E-state index contributed by atoms with van der Waals surface area (Å²) in [6.45, 7) is 3.40. The maximum atomic E-state index is 12.7. The van der Waals surface area contributed by atoms with E-state index in [2.05, 4.69) is 245 Å². The second-order valence-corrected chi connectivity index (χ2v) is 22.0. The highest BCUT2D eigenvalue weighted by atomic mass is 31.2. The number of esters is 2. The van der Waals surface area contributed by atoms with Crippen LogP contribution in [0, 0.1) is 0 Å². The third-order valence-corrected chi connectivity index (χ3v) is 13.5. The van der Waals surface area contributed by atoms with Crippen molar-refractivity contribution in [2.75, 3.05) is 26.4 Å². The molecular weight excluding hydrogens is 1100 g/mol. The van der Waals surface area contributed by atoms with Crippen molar-refractivity contribution in [2.45, 2.75) is 213 Å². The molecule has 0 aromatic heterocycles. The van der Waals surface area contributed by atoms with E-state index >= 15 is 0 Å². The van der Waals surface area contributed by atoms with Gasteiger partial charge in [0.15, 0.2) is 6.10 Å². The summed E-state index contributed by atoms with van der Waals surface area (Å²) >= 11 is 0. The Bertz CT molecular complexity index is 2270. The Morgan fingerprint density at radius 1 is 0.345 bits per heavy atom. The highest BCUT2D eigenvalue weighted by molar-refractivity contribution is 7.47. The molecule has 0 rings (SSSR count). The molecule has 482 valence electrons. The molecule has 0 heterocycles. The van der Waals surface area contributed by atoms with E-state index in [0.29, 0.717) is 12.8 Å². The smallest absolute Gasteiger partial charge is 0.462 e. The normalized spacial score (nSPS) is 14.5.